The minimum absolute atomic E-state index is 0.115. The first-order chi connectivity index (χ1) is 17.1. The molecule has 0 saturated carbocycles. The summed E-state index contributed by atoms with van der Waals surface area (Å²) in [4.78, 5) is 28.8. The highest BCUT2D eigenvalue weighted by molar-refractivity contribution is 6.34. The minimum Gasteiger partial charge on any atom is -0.480 e. The van der Waals surface area contributed by atoms with E-state index in [4.69, 9.17) is 11.6 Å². The topological polar surface area (TPSA) is 101 Å². The van der Waals surface area contributed by atoms with Gasteiger partial charge in [0.05, 0.1) is 10.6 Å². The van der Waals surface area contributed by atoms with Gasteiger partial charge >= 0.3 is 12.3 Å². The van der Waals surface area contributed by atoms with Crippen LogP contribution in [0.2, 0.25) is 5.02 Å². The van der Waals surface area contributed by atoms with E-state index in [0.717, 1.165) is 81.2 Å². The Bertz CT molecular complexity index is 1070. The largest absolute Gasteiger partial charge is 0.573 e. The molecule has 1 atom stereocenters. The van der Waals surface area contributed by atoms with Crippen molar-refractivity contribution in [2.45, 2.75) is 70.2 Å². The van der Waals surface area contributed by atoms with Gasteiger partial charge in [0.2, 0.25) is 0 Å². The molecule has 0 radical (unpaired) electrons. The monoisotopic (exact) mass is 527 g/mol. The summed E-state index contributed by atoms with van der Waals surface area (Å²) in [5, 5.41) is 15.0. The normalized spacial score (nSPS) is 13.9. The highest BCUT2D eigenvalue weighted by Gasteiger charge is 2.31. The van der Waals surface area contributed by atoms with E-state index in [1.165, 1.54) is 5.56 Å². The first-order valence-electron chi connectivity index (χ1n) is 11.9. The van der Waals surface area contributed by atoms with E-state index in [2.05, 4.69) is 32.5 Å². The number of carbonyl (C=O) groups is 2. The maximum absolute atomic E-state index is 12.5. The van der Waals surface area contributed by atoms with Crippen LogP contribution in [0.3, 0.4) is 0 Å². The molecule has 1 amide bonds. The van der Waals surface area contributed by atoms with Gasteiger partial charge in [-0.15, -0.1) is 13.2 Å². The molecule has 3 rings (SSSR count). The Morgan fingerprint density at radius 1 is 1.14 bits per heavy atom. The number of benzene rings is 1. The van der Waals surface area contributed by atoms with Gasteiger partial charge in [0.1, 0.15) is 17.6 Å². The maximum Gasteiger partial charge on any atom is 0.573 e. The Balaban J connectivity index is 1.40. The number of aromatic nitrogens is 1. The van der Waals surface area contributed by atoms with Gasteiger partial charge in [-0.2, -0.15) is 0 Å². The summed E-state index contributed by atoms with van der Waals surface area (Å²) in [6, 6.07) is 5.91. The summed E-state index contributed by atoms with van der Waals surface area (Å²) in [6.45, 7) is 0.952. The second-order valence-corrected chi connectivity index (χ2v) is 9.11. The number of alkyl halides is 3. The summed E-state index contributed by atoms with van der Waals surface area (Å²) >= 11 is 5.93. The number of halogens is 4. The number of hydrogen-bond donors (Lipinski definition) is 3. The summed E-state index contributed by atoms with van der Waals surface area (Å²) in [5.41, 5.74) is 2.02. The number of aliphatic carboxylic acids is 1. The molecule has 3 N–H and O–H groups in total. The van der Waals surface area contributed by atoms with Crippen LogP contribution in [-0.4, -0.2) is 40.9 Å². The van der Waals surface area contributed by atoms with Crippen molar-refractivity contribution in [1.82, 2.24) is 10.3 Å². The van der Waals surface area contributed by atoms with E-state index in [0.29, 0.717) is 6.42 Å². The highest BCUT2D eigenvalue weighted by Crippen LogP contribution is 2.27. The number of carboxylic acid groups (broad SMARTS) is 1. The van der Waals surface area contributed by atoms with Gasteiger partial charge in [0.15, 0.2) is 0 Å². The van der Waals surface area contributed by atoms with E-state index < -0.39 is 30.0 Å². The first-order valence-corrected chi connectivity index (χ1v) is 12.3. The number of pyridine rings is 1. The van der Waals surface area contributed by atoms with E-state index >= 15 is 0 Å². The third-order valence-electron chi connectivity index (χ3n) is 5.90. The number of nitrogens with zero attached hydrogens (tertiary/aromatic N) is 1. The summed E-state index contributed by atoms with van der Waals surface area (Å²) in [7, 11) is 0. The number of rotatable bonds is 12. The number of fused-ring (bicyclic) bond motifs is 1. The molecule has 196 valence electrons. The van der Waals surface area contributed by atoms with Crippen molar-refractivity contribution in [2.24, 2.45) is 0 Å². The Labute approximate surface area is 212 Å². The second-order valence-electron chi connectivity index (χ2n) is 8.70. The van der Waals surface area contributed by atoms with Crippen LogP contribution in [0.5, 0.6) is 5.75 Å². The summed E-state index contributed by atoms with van der Waals surface area (Å²) in [5.74, 6) is -1.74. The molecular formula is C25H29ClF3N3O4. The molecule has 2 aromatic rings. The predicted molar refractivity (Wildman–Crippen MR) is 129 cm³/mol. The standard InChI is InChI=1S/C25H29ClF3N3O4/c26-20-13-12-18(36-25(27,28)29)15-19(20)23(33)32-21(24(34)35)9-5-3-1-2-4-8-17-11-10-16-7-6-14-30-22(16)31-17/h10-13,15,21H,1-9,14H2,(H,30,31)(H,32,33)(H,34,35). The molecule has 1 aliphatic rings. The molecule has 1 aromatic carbocycles. The third-order valence-corrected chi connectivity index (χ3v) is 6.23. The van der Waals surface area contributed by atoms with Gasteiger partial charge in [-0.25, -0.2) is 9.78 Å². The first kappa shape index (κ1) is 27.6. The lowest BCUT2D eigenvalue weighted by Crippen LogP contribution is -2.40. The fraction of sp³-hybridized carbons (Fsp3) is 0.480. The SMILES string of the molecule is O=C(NC(CCCCCCCc1ccc2c(n1)NCCC2)C(=O)O)c1cc(OC(F)(F)F)ccc1Cl. The van der Waals surface area contributed by atoms with Crippen molar-refractivity contribution in [3.8, 4) is 5.75 Å². The molecule has 0 fully saturated rings. The predicted octanol–water partition coefficient (Wildman–Crippen LogP) is 5.76. The lowest BCUT2D eigenvalue weighted by molar-refractivity contribution is -0.274. The van der Waals surface area contributed by atoms with E-state index in [1.807, 2.05) is 0 Å². The Morgan fingerprint density at radius 2 is 1.89 bits per heavy atom. The van der Waals surface area contributed by atoms with Gasteiger partial charge in [-0.1, -0.05) is 43.4 Å². The Kier molecular flexibility index (Phi) is 9.81. The average molecular weight is 528 g/mol. The molecule has 11 heteroatoms. The quantitative estimate of drug-likeness (QED) is 0.303. The molecule has 0 saturated heterocycles. The van der Waals surface area contributed by atoms with Gasteiger partial charge in [0, 0.05) is 12.2 Å². The van der Waals surface area contributed by atoms with Crippen LogP contribution < -0.4 is 15.4 Å². The second kappa shape index (κ2) is 12.8. The Morgan fingerprint density at radius 3 is 2.64 bits per heavy atom. The average Bonchev–Trinajstić information content (AvgIpc) is 2.82. The number of nitrogens with one attached hydrogen (secondary N) is 2. The van der Waals surface area contributed by atoms with Crippen molar-refractivity contribution in [1.29, 1.82) is 0 Å². The number of amides is 1. The van der Waals surface area contributed by atoms with Crippen LogP contribution in [0, 0.1) is 0 Å². The zero-order valence-corrected chi connectivity index (χ0v) is 20.4. The zero-order valence-electron chi connectivity index (χ0n) is 19.7. The molecule has 36 heavy (non-hydrogen) atoms. The summed E-state index contributed by atoms with van der Waals surface area (Å²) < 4.78 is 41.2. The summed E-state index contributed by atoms with van der Waals surface area (Å²) in [6.07, 6.45) is 2.52. The van der Waals surface area contributed by atoms with Crippen LogP contribution in [0.15, 0.2) is 30.3 Å². The van der Waals surface area contributed by atoms with Crippen LogP contribution >= 0.6 is 11.6 Å². The van der Waals surface area contributed by atoms with Crippen molar-refractivity contribution in [3.63, 3.8) is 0 Å². The van der Waals surface area contributed by atoms with Gasteiger partial charge < -0.3 is 20.5 Å². The number of unbranched alkanes of at least 4 members (excludes halogenated alkanes) is 4. The van der Waals surface area contributed by atoms with E-state index in [-0.39, 0.29) is 17.0 Å². The smallest absolute Gasteiger partial charge is 0.480 e. The number of ether oxygens (including phenoxy) is 1. The molecule has 1 aliphatic heterocycles. The molecule has 0 bridgehead atoms. The molecule has 2 heterocycles. The molecule has 1 unspecified atom stereocenters. The van der Waals surface area contributed by atoms with Crippen molar-refractivity contribution in [2.75, 3.05) is 11.9 Å². The van der Waals surface area contributed by atoms with Gasteiger partial charge in [-0.3, -0.25) is 4.79 Å². The molecule has 7 nitrogen and oxygen atoms in total. The van der Waals surface area contributed by atoms with E-state index in [1.54, 1.807) is 0 Å². The lowest BCUT2D eigenvalue weighted by atomic mass is 10.0. The van der Waals surface area contributed by atoms with Crippen molar-refractivity contribution >= 4 is 29.3 Å². The van der Waals surface area contributed by atoms with Crippen LogP contribution in [0.25, 0.3) is 0 Å². The number of carbonyl (C=O) groups excluding carboxylic acids is 1. The fourth-order valence-electron chi connectivity index (χ4n) is 4.06. The van der Waals surface area contributed by atoms with Crippen LogP contribution in [0.1, 0.15) is 66.6 Å². The Hall–Kier alpha value is -3.01. The number of hydrogen-bond acceptors (Lipinski definition) is 5. The number of carboxylic acids is 1. The number of anilines is 1. The lowest BCUT2D eigenvalue weighted by Gasteiger charge is -2.17. The van der Waals surface area contributed by atoms with Crippen molar-refractivity contribution < 1.29 is 32.6 Å². The highest BCUT2D eigenvalue weighted by atomic mass is 35.5. The molecule has 0 spiro atoms. The molecular weight excluding hydrogens is 499 g/mol. The minimum atomic E-state index is -4.93. The van der Waals surface area contributed by atoms with E-state index in [9.17, 15) is 27.9 Å². The van der Waals surface area contributed by atoms with Crippen LogP contribution in [0.4, 0.5) is 19.0 Å². The van der Waals surface area contributed by atoms with Gasteiger partial charge in [0.25, 0.3) is 5.91 Å². The molecule has 1 aromatic heterocycles. The molecule has 0 aliphatic carbocycles. The van der Waals surface area contributed by atoms with Crippen LogP contribution in [-0.2, 0) is 17.6 Å². The van der Waals surface area contributed by atoms with Gasteiger partial charge in [-0.05, 0) is 61.9 Å². The zero-order chi connectivity index (χ0) is 26.1. The maximum atomic E-state index is 12.5. The third kappa shape index (κ3) is 8.58. The fourth-order valence-corrected chi connectivity index (χ4v) is 4.27. The van der Waals surface area contributed by atoms with Crippen molar-refractivity contribution in [3.05, 3.63) is 52.2 Å². The number of aryl methyl sites for hydroxylation is 2.